The minimum Gasteiger partial charge on any atom is -0.457 e. The third-order valence-electron chi connectivity index (χ3n) is 4.11. The van der Waals surface area contributed by atoms with Gasteiger partial charge in [-0.05, 0) is 30.3 Å². The zero-order valence-electron chi connectivity index (χ0n) is 15.1. The molecule has 1 aromatic heterocycles. The highest BCUT2D eigenvalue weighted by molar-refractivity contribution is 7.91. The van der Waals surface area contributed by atoms with E-state index in [0.717, 1.165) is 11.3 Å². The molecule has 0 N–H and O–H groups in total. The van der Waals surface area contributed by atoms with Gasteiger partial charge in [-0.25, -0.2) is 8.42 Å². The number of thiophene rings is 1. The standard InChI is InChI=1S/C18H17Cl2NO6S2/c19-12-1-3-15(20)14(9-12)16(22)11-27-17(23)10-13-2-4-18(28-13)29(24,25)21-5-7-26-8-6-21/h1-4,9H,5-8,10-11H2. The molecule has 7 nitrogen and oxygen atoms in total. The third kappa shape index (κ3) is 5.56. The smallest absolute Gasteiger partial charge is 0.311 e. The van der Waals surface area contributed by atoms with Crippen LogP contribution in [0.3, 0.4) is 0 Å². The monoisotopic (exact) mass is 477 g/mol. The number of carbonyl (C=O) groups is 2. The number of ether oxygens (including phenoxy) is 2. The number of rotatable bonds is 7. The van der Waals surface area contributed by atoms with Crippen molar-refractivity contribution in [3.05, 3.63) is 50.8 Å². The average molecular weight is 478 g/mol. The van der Waals surface area contributed by atoms with Crippen LogP contribution in [0.15, 0.2) is 34.5 Å². The summed E-state index contributed by atoms with van der Waals surface area (Å²) in [6, 6.07) is 7.47. The Balaban J connectivity index is 1.57. The number of sulfonamides is 1. The summed E-state index contributed by atoms with van der Waals surface area (Å²) in [6.07, 6.45) is -0.139. The zero-order chi connectivity index (χ0) is 21.0. The van der Waals surface area contributed by atoms with E-state index in [-0.39, 0.29) is 21.2 Å². The Morgan fingerprint density at radius 1 is 1.14 bits per heavy atom. The lowest BCUT2D eigenvalue weighted by Crippen LogP contribution is -2.40. The maximum Gasteiger partial charge on any atom is 0.311 e. The predicted molar refractivity (Wildman–Crippen MR) is 109 cm³/mol. The molecule has 0 saturated carbocycles. The van der Waals surface area contributed by atoms with E-state index in [1.807, 2.05) is 0 Å². The molecule has 156 valence electrons. The largest absolute Gasteiger partial charge is 0.457 e. The van der Waals surface area contributed by atoms with Crippen LogP contribution in [0.1, 0.15) is 15.2 Å². The molecule has 0 amide bonds. The van der Waals surface area contributed by atoms with Crippen molar-refractivity contribution in [3.63, 3.8) is 0 Å². The first-order chi connectivity index (χ1) is 13.8. The SMILES string of the molecule is O=C(Cc1ccc(S(=O)(=O)N2CCOCC2)s1)OCC(=O)c1cc(Cl)ccc1Cl. The Morgan fingerprint density at radius 3 is 2.59 bits per heavy atom. The molecule has 29 heavy (non-hydrogen) atoms. The number of benzene rings is 1. The maximum atomic E-state index is 12.6. The van der Waals surface area contributed by atoms with Crippen LogP contribution < -0.4 is 0 Å². The van der Waals surface area contributed by atoms with Gasteiger partial charge in [0.25, 0.3) is 10.0 Å². The molecule has 0 unspecified atom stereocenters. The van der Waals surface area contributed by atoms with Gasteiger partial charge in [0.1, 0.15) is 4.21 Å². The van der Waals surface area contributed by atoms with Gasteiger partial charge in [-0.1, -0.05) is 23.2 Å². The minimum atomic E-state index is -3.61. The van der Waals surface area contributed by atoms with Gasteiger partial charge in [-0.2, -0.15) is 4.31 Å². The molecule has 1 aliphatic heterocycles. The Hall–Kier alpha value is -1.49. The summed E-state index contributed by atoms with van der Waals surface area (Å²) in [5, 5.41) is 0.559. The lowest BCUT2D eigenvalue weighted by Gasteiger charge is -2.25. The average Bonchev–Trinajstić information content (AvgIpc) is 3.18. The fraction of sp³-hybridized carbons (Fsp3) is 0.333. The van der Waals surface area contributed by atoms with Crippen LogP contribution in [0.4, 0.5) is 0 Å². The van der Waals surface area contributed by atoms with Crippen LogP contribution >= 0.6 is 34.5 Å². The number of hydrogen-bond acceptors (Lipinski definition) is 7. The van der Waals surface area contributed by atoms with Crippen molar-refractivity contribution >= 4 is 56.3 Å². The highest BCUT2D eigenvalue weighted by Gasteiger charge is 2.28. The van der Waals surface area contributed by atoms with Gasteiger partial charge in [0.05, 0.1) is 24.7 Å². The van der Waals surface area contributed by atoms with Crippen molar-refractivity contribution in [2.45, 2.75) is 10.6 Å². The van der Waals surface area contributed by atoms with Gasteiger partial charge in [0.15, 0.2) is 6.61 Å². The van der Waals surface area contributed by atoms with E-state index >= 15 is 0 Å². The van der Waals surface area contributed by atoms with E-state index in [0.29, 0.717) is 36.2 Å². The Morgan fingerprint density at radius 2 is 1.86 bits per heavy atom. The minimum absolute atomic E-state index is 0.139. The van der Waals surface area contributed by atoms with Crippen LogP contribution in [0.2, 0.25) is 10.0 Å². The highest BCUT2D eigenvalue weighted by atomic mass is 35.5. The summed E-state index contributed by atoms with van der Waals surface area (Å²) in [7, 11) is -3.61. The zero-order valence-corrected chi connectivity index (χ0v) is 18.2. The van der Waals surface area contributed by atoms with Crippen LogP contribution in [-0.4, -0.2) is 57.4 Å². The van der Waals surface area contributed by atoms with Crippen LogP contribution in [0, 0.1) is 0 Å². The van der Waals surface area contributed by atoms with Gasteiger partial charge in [0.2, 0.25) is 5.78 Å². The number of ketones is 1. The second-order valence-corrected chi connectivity index (χ2v) is 10.3. The van der Waals surface area contributed by atoms with Crippen molar-refractivity contribution in [1.29, 1.82) is 0 Å². The molecule has 11 heteroatoms. The summed E-state index contributed by atoms with van der Waals surface area (Å²) < 4.78 is 36.9. The molecule has 2 aromatic rings. The van der Waals surface area contributed by atoms with Crippen LogP contribution in [-0.2, 0) is 30.7 Å². The lowest BCUT2D eigenvalue weighted by atomic mass is 10.1. The molecule has 2 heterocycles. The third-order valence-corrected chi connectivity index (χ3v) is 8.13. The summed E-state index contributed by atoms with van der Waals surface area (Å²) in [4.78, 5) is 24.8. The molecule has 0 aliphatic carbocycles. The fourth-order valence-electron chi connectivity index (χ4n) is 2.63. The van der Waals surface area contributed by atoms with E-state index in [1.54, 1.807) is 12.1 Å². The molecule has 1 saturated heterocycles. The Labute approximate surface area is 182 Å². The van der Waals surface area contributed by atoms with E-state index in [4.69, 9.17) is 32.7 Å². The summed E-state index contributed by atoms with van der Waals surface area (Å²) in [5.41, 5.74) is 0.169. The van der Waals surface area contributed by atoms with E-state index < -0.39 is 28.4 Å². The summed E-state index contributed by atoms with van der Waals surface area (Å²) in [5.74, 6) is -1.12. The number of hydrogen-bond donors (Lipinski definition) is 0. The molecule has 0 radical (unpaired) electrons. The lowest BCUT2D eigenvalue weighted by molar-refractivity contribution is -0.141. The van der Waals surface area contributed by atoms with Crippen molar-refractivity contribution in [2.75, 3.05) is 32.9 Å². The van der Waals surface area contributed by atoms with Gasteiger partial charge in [-0.3, -0.25) is 9.59 Å². The van der Waals surface area contributed by atoms with Crippen molar-refractivity contribution in [2.24, 2.45) is 0 Å². The van der Waals surface area contributed by atoms with E-state index in [2.05, 4.69) is 0 Å². The van der Waals surface area contributed by atoms with E-state index in [9.17, 15) is 18.0 Å². The number of carbonyl (C=O) groups excluding carboxylic acids is 2. The molecular weight excluding hydrogens is 461 g/mol. The van der Waals surface area contributed by atoms with Crippen molar-refractivity contribution in [1.82, 2.24) is 4.31 Å². The number of nitrogens with zero attached hydrogens (tertiary/aromatic N) is 1. The van der Waals surface area contributed by atoms with Gasteiger partial charge < -0.3 is 9.47 Å². The predicted octanol–water partition coefficient (Wildman–Crippen LogP) is 3.04. The molecule has 1 fully saturated rings. The molecule has 1 aliphatic rings. The van der Waals surface area contributed by atoms with Crippen molar-refractivity contribution < 1.29 is 27.5 Å². The first kappa shape index (κ1) is 22.2. The normalized spacial score (nSPS) is 15.2. The number of halogens is 2. The van der Waals surface area contributed by atoms with Gasteiger partial charge >= 0.3 is 5.97 Å². The number of esters is 1. The molecule has 0 atom stereocenters. The van der Waals surface area contributed by atoms with Gasteiger partial charge in [-0.15, -0.1) is 11.3 Å². The van der Waals surface area contributed by atoms with Crippen LogP contribution in [0.25, 0.3) is 0 Å². The molecule has 0 spiro atoms. The van der Waals surface area contributed by atoms with Crippen LogP contribution in [0.5, 0.6) is 0 Å². The number of morpholine rings is 1. The van der Waals surface area contributed by atoms with Gasteiger partial charge in [0, 0.05) is 28.6 Å². The maximum absolute atomic E-state index is 12.6. The van der Waals surface area contributed by atoms with Crippen molar-refractivity contribution in [3.8, 4) is 0 Å². The Bertz CT molecular complexity index is 1020. The summed E-state index contributed by atoms with van der Waals surface area (Å²) >= 11 is 12.8. The summed E-state index contributed by atoms with van der Waals surface area (Å²) in [6.45, 7) is 0.823. The first-order valence-corrected chi connectivity index (χ1v) is 11.6. The quantitative estimate of drug-likeness (QED) is 0.449. The van der Waals surface area contributed by atoms with E-state index in [1.165, 1.54) is 22.5 Å². The first-order valence-electron chi connectivity index (χ1n) is 8.58. The second-order valence-electron chi connectivity index (χ2n) is 6.12. The second kappa shape index (κ2) is 9.55. The highest BCUT2D eigenvalue weighted by Crippen LogP contribution is 2.26. The topological polar surface area (TPSA) is 90.0 Å². The number of Topliss-reactive ketones (excluding diaryl/α,β-unsaturated/α-hetero) is 1. The fourth-order valence-corrected chi connectivity index (χ4v) is 5.93. The molecule has 1 aromatic carbocycles. The molecule has 3 rings (SSSR count). The molecule has 0 bridgehead atoms. The molecular formula is C18H17Cl2NO6S2. The Kier molecular flexibility index (Phi) is 7.31.